The van der Waals surface area contributed by atoms with Gasteiger partial charge < -0.3 is 29.2 Å². The Labute approximate surface area is 275 Å². The summed E-state index contributed by atoms with van der Waals surface area (Å²) in [6.07, 6.45) is -6.53. The van der Waals surface area contributed by atoms with Gasteiger partial charge in [0.2, 0.25) is 10.0 Å². The summed E-state index contributed by atoms with van der Waals surface area (Å²) >= 11 is 0.594. The molecule has 2 aliphatic heterocycles. The zero-order chi connectivity index (χ0) is 33.8. The molecule has 0 radical (unpaired) electrons. The molecule has 16 heteroatoms. The molecule has 0 spiro atoms. The second-order valence-corrected chi connectivity index (χ2v) is 15.0. The molecule has 0 bridgehead atoms. The number of alkyl carbamates (subject to hydrolysis) is 1. The van der Waals surface area contributed by atoms with Crippen LogP contribution in [0.3, 0.4) is 0 Å². The number of amides is 1. The van der Waals surface area contributed by atoms with Gasteiger partial charge in [-0.2, -0.15) is 17.5 Å². The number of rotatable bonds is 14. The van der Waals surface area contributed by atoms with E-state index >= 15 is 0 Å². The third-order valence-electron chi connectivity index (χ3n) is 7.93. The first-order valence-electron chi connectivity index (χ1n) is 15.3. The van der Waals surface area contributed by atoms with E-state index in [4.69, 9.17) is 18.7 Å². The molecule has 2 saturated heterocycles. The quantitative estimate of drug-likeness (QED) is 0.243. The number of ether oxygens (including phenoxy) is 3. The van der Waals surface area contributed by atoms with Crippen molar-refractivity contribution in [1.82, 2.24) is 14.8 Å². The number of nitrogens with one attached hydrogen (secondary N) is 1. The molecule has 3 heterocycles. The van der Waals surface area contributed by atoms with E-state index in [0.717, 1.165) is 9.87 Å². The van der Waals surface area contributed by atoms with Crippen LogP contribution in [-0.2, 0) is 36.4 Å². The van der Waals surface area contributed by atoms with E-state index in [9.17, 15) is 31.5 Å². The largest absolute Gasteiger partial charge is 0.443 e. The van der Waals surface area contributed by atoms with Crippen molar-refractivity contribution < 1.29 is 50.2 Å². The number of hydrogen-bond donors (Lipinski definition) is 2. The van der Waals surface area contributed by atoms with Crippen LogP contribution in [0.5, 0.6) is 0 Å². The number of carbonyl (C=O) groups is 1. The summed E-state index contributed by atoms with van der Waals surface area (Å²) in [7, 11) is -4.24. The Balaban J connectivity index is 1.34. The van der Waals surface area contributed by atoms with Crippen LogP contribution in [0.1, 0.15) is 31.5 Å². The fourth-order valence-electron chi connectivity index (χ4n) is 5.68. The lowest BCUT2D eigenvalue weighted by molar-refractivity contribution is -0.105. The Bertz CT molecular complexity index is 1610. The minimum Gasteiger partial charge on any atom is -0.443 e. The van der Waals surface area contributed by atoms with Crippen molar-refractivity contribution in [2.45, 2.75) is 68.1 Å². The van der Waals surface area contributed by atoms with E-state index in [0.29, 0.717) is 24.8 Å². The van der Waals surface area contributed by atoms with Gasteiger partial charge in [0.15, 0.2) is 11.9 Å². The molecule has 0 aliphatic carbocycles. The third-order valence-corrected chi connectivity index (χ3v) is 10.8. The van der Waals surface area contributed by atoms with Crippen LogP contribution < -0.4 is 5.32 Å². The van der Waals surface area contributed by atoms with Crippen molar-refractivity contribution in [1.29, 1.82) is 0 Å². The maximum Gasteiger partial charge on any atom is 0.407 e. The number of sulfonamides is 1. The van der Waals surface area contributed by atoms with Crippen LogP contribution in [0, 0.1) is 11.8 Å². The summed E-state index contributed by atoms with van der Waals surface area (Å²) in [6.45, 7) is 4.03. The normalized spacial score (nSPS) is 21.3. The number of thioether (sulfide) groups is 1. The molecular formula is C31H38F3N3O8S2. The van der Waals surface area contributed by atoms with Gasteiger partial charge in [0, 0.05) is 24.2 Å². The van der Waals surface area contributed by atoms with Crippen LogP contribution in [-0.4, -0.2) is 91.9 Å². The van der Waals surface area contributed by atoms with Crippen molar-refractivity contribution in [2.75, 3.05) is 32.1 Å². The molecule has 2 aromatic carbocycles. The Hall–Kier alpha value is -2.89. The number of hydrogen-bond acceptors (Lipinski definition) is 10. The van der Waals surface area contributed by atoms with Crippen LogP contribution in [0.15, 0.2) is 57.9 Å². The maximum absolute atomic E-state index is 14.0. The number of fused-ring (bicyclic) bond motifs is 2. The summed E-state index contributed by atoms with van der Waals surface area (Å²) in [5.41, 5.74) is 1.23. The van der Waals surface area contributed by atoms with Crippen molar-refractivity contribution in [3.63, 3.8) is 0 Å². The highest BCUT2D eigenvalue weighted by atomic mass is 32.2. The molecular weight excluding hydrogens is 663 g/mol. The number of aliphatic hydroxyl groups is 1. The summed E-state index contributed by atoms with van der Waals surface area (Å²) in [5, 5.41) is 18.4. The standard InChI is InChI=1S/C31H38F3N3O8S2/c1-19(2)14-37(47(40,41)21-8-9-27-23(13-21)25(36-45-27)17-46-18-31(32,33)34)15-26(38)24(12-20-6-4-3-5-7-20)35-30(39)44-28-16-43-29-22(28)10-11-42-29/h3-9,13,19,22,24,26,28-29,38H,10-12,14-18H2,1-2H3,(H,35,39)/t22-,24-,26+,28-,29+/m0/s1. The zero-order valence-corrected chi connectivity index (χ0v) is 27.5. The molecule has 5 atom stereocenters. The number of benzene rings is 2. The van der Waals surface area contributed by atoms with Gasteiger partial charge in [-0.3, -0.25) is 0 Å². The summed E-state index contributed by atoms with van der Waals surface area (Å²) < 4.78 is 89.2. The number of carbonyl (C=O) groups excluding carboxylic acids is 1. The molecule has 0 saturated carbocycles. The zero-order valence-electron chi connectivity index (χ0n) is 25.9. The Morgan fingerprint density at radius 3 is 2.66 bits per heavy atom. The van der Waals surface area contributed by atoms with Gasteiger partial charge in [0.1, 0.15) is 11.8 Å². The van der Waals surface area contributed by atoms with Crippen LogP contribution in [0.4, 0.5) is 18.0 Å². The van der Waals surface area contributed by atoms with Crippen LogP contribution >= 0.6 is 11.8 Å². The topological polar surface area (TPSA) is 140 Å². The molecule has 2 fully saturated rings. The van der Waals surface area contributed by atoms with Crippen molar-refractivity contribution in [3.05, 3.63) is 59.8 Å². The molecule has 1 aromatic heterocycles. The second-order valence-electron chi connectivity index (χ2n) is 12.1. The molecule has 11 nitrogen and oxygen atoms in total. The van der Waals surface area contributed by atoms with Crippen molar-refractivity contribution >= 4 is 38.8 Å². The number of halogens is 3. The van der Waals surface area contributed by atoms with E-state index in [1.165, 1.54) is 18.2 Å². The highest BCUT2D eigenvalue weighted by molar-refractivity contribution is 7.98. The molecule has 47 heavy (non-hydrogen) atoms. The van der Waals surface area contributed by atoms with E-state index in [2.05, 4.69) is 10.5 Å². The minimum atomic E-state index is -4.36. The molecule has 1 amide bonds. The summed E-state index contributed by atoms with van der Waals surface area (Å²) in [4.78, 5) is 12.9. The lowest BCUT2D eigenvalue weighted by Gasteiger charge is -2.31. The molecule has 2 N–H and O–H groups in total. The van der Waals surface area contributed by atoms with Gasteiger partial charge in [-0.05, 0) is 42.5 Å². The van der Waals surface area contributed by atoms with Crippen LogP contribution in [0.25, 0.3) is 11.0 Å². The molecule has 0 unspecified atom stereocenters. The first-order valence-corrected chi connectivity index (χ1v) is 17.8. The van der Waals surface area contributed by atoms with Crippen LogP contribution in [0.2, 0.25) is 0 Å². The Morgan fingerprint density at radius 2 is 1.94 bits per heavy atom. The molecule has 2 aliphatic rings. The maximum atomic E-state index is 14.0. The minimum absolute atomic E-state index is 0.0420. The summed E-state index contributed by atoms with van der Waals surface area (Å²) in [5.74, 6) is -1.44. The first kappa shape index (κ1) is 35.4. The second kappa shape index (κ2) is 15.1. The van der Waals surface area contributed by atoms with Gasteiger partial charge in [-0.1, -0.05) is 49.3 Å². The van der Waals surface area contributed by atoms with Gasteiger partial charge in [-0.15, -0.1) is 11.8 Å². The summed E-state index contributed by atoms with van der Waals surface area (Å²) in [6, 6.07) is 12.3. The van der Waals surface area contributed by atoms with Crippen molar-refractivity contribution in [3.8, 4) is 0 Å². The van der Waals surface area contributed by atoms with Gasteiger partial charge in [0.05, 0.1) is 41.9 Å². The fourth-order valence-corrected chi connectivity index (χ4v) is 8.06. The van der Waals surface area contributed by atoms with E-state index in [1.807, 2.05) is 44.2 Å². The highest BCUT2D eigenvalue weighted by Gasteiger charge is 2.44. The lowest BCUT2D eigenvalue weighted by Crippen LogP contribution is -2.51. The fraction of sp³-hybridized carbons (Fsp3) is 0.548. The van der Waals surface area contributed by atoms with E-state index in [1.54, 1.807) is 0 Å². The monoisotopic (exact) mass is 701 g/mol. The Morgan fingerprint density at radius 1 is 1.17 bits per heavy atom. The van der Waals surface area contributed by atoms with Gasteiger partial charge in [0.25, 0.3) is 0 Å². The average Bonchev–Trinajstić information content (AvgIpc) is 3.74. The smallest absolute Gasteiger partial charge is 0.407 e. The predicted octanol–water partition coefficient (Wildman–Crippen LogP) is 4.73. The van der Waals surface area contributed by atoms with Crippen molar-refractivity contribution in [2.24, 2.45) is 11.8 Å². The first-order chi connectivity index (χ1) is 22.3. The van der Waals surface area contributed by atoms with Gasteiger partial charge >= 0.3 is 12.3 Å². The van der Waals surface area contributed by atoms with E-state index in [-0.39, 0.29) is 65.3 Å². The third kappa shape index (κ3) is 9.18. The lowest BCUT2D eigenvalue weighted by atomic mass is 10.0. The molecule has 258 valence electrons. The number of nitrogens with zero attached hydrogens (tertiary/aromatic N) is 2. The average molecular weight is 702 g/mol. The highest BCUT2D eigenvalue weighted by Crippen LogP contribution is 2.33. The number of aromatic nitrogens is 1. The number of aliphatic hydroxyl groups excluding tert-OH is 1. The Kier molecular flexibility index (Phi) is 11.4. The number of alkyl halides is 3. The predicted molar refractivity (Wildman–Crippen MR) is 167 cm³/mol. The SMILES string of the molecule is CC(C)CN(C[C@@H](O)[C@H](Cc1ccccc1)NC(=O)O[C@H]1CO[C@H]2OCC[C@H]21)S(=O)(=O)c1ccc2onc(CSCC(F)(F)F)c2c1. The molecule has 3 aromatic rings. The molecule has 5 rings (SSSR count). The van der Waals surface area contributed by atoms with Gasteiger partial charge in [-0.25, -0.2) is 13.2 Å². The van der Waals surface area contributed by atoms with E-state index < -0.39 is 52.6 Å².